The number of amides is 3. The number of benzene rings is 2. The van der Waals surface area contributed by atoms with Crippen molar-refractivity contribution in [2.24, 2.45) is 9.98 Å². The van der Waals surface area contributed by atoms with Crippen LogP contribution in [0.3, 0.4) is 0 Å². The Labute approximate surface area is 244 Å². The zero-order chi connectivity index (χ0) is 28.3. The van der Waals surface area contributed by atoms with Gasteiger partial charge in [0.2, 0.25) is 18.6 Å². The molecule has 0 bridgehead atoms. The van der Waals surface area contributed by atoms with Crippen molar-refractivity contribution in [1.82, 2.24) is 10.2 Å². The van der Waals surface area contributed by atoms with E-state index in [1.807, 2.05) is 48.7 Å². The molecule has 2 unspecified atom stereocenters. The van der Waals surface area contributed by atoms with Gasteiger partial charge in [-0.25, -0.2) is 4.99 Å². The van der Waals surface area contributed by atoms with Gasteiger partial charge in [0.1, 0.15) is 11.9 Å². The van der Waals surface area contributed by atoms with Crippen LogP contribution in [0.2, 0.25) is 0 Å². The zero-order valence-corrected chi connectivity index (χ0v) is 23.8. The lowest BCUT2D eigenvalue weighted by Gasteiger charge is -2.32. The molecule has 2 aromatic carbocycles. The molecule has 0 saturated carbocycles. The molecule has 0 fully saturated rings. The van der Waals surface area contributed by atoms with Gasteiger partial charge in [-0.1, -0.05) is 36.9 Å². The number of nitrogens with one attached hydrogen (secondary N) is 2. The van der Waals surface area contributed by atoms with Crippen LogP contribution in [-0.2, 0) is 20.9 Å². The van der Waals surface area contributed by atoms with Crippen LogP contribution in [0.25, 0.3) is 0 Å². The number of thioether (sulfide) groups is 1. The number of fused-ring (bicyclic) bond motifs is 4. The smallest absolute Gasteiger partial charge is 0.270 e. The maximum Gasteiger partial charge on any atom is 0.270 e. The van der Waals surface area contributed by atoms with Crippen LogP contribution in [0.5, 0.6) is 11.5 Å². The van der Waals surface area contributed by atoms with E-state index in [0.717, 1.165) is 10.4 Å². The van der Waals surface area contributed by atoms with E-state index < -0.39 is 11.3 Å². The molecule has 2 N–H and O–H groups in total. The number of rotatable bonds is 9. The van der Waals surface area contributed by atoms with Crippen molar-refractivity contribution in [1.29, 1.82) is 0 Å². The van der Waals surface area contributed by atoms with Gasteiger partial charge in [-0.3, -0.25) is 19.3 Å². The molecule has 6 rings (SSSR count). The molecule has 0 aliphatic carbocycles. The number of para-hydroxylation sites is 1. The van der Waals surface area contributed by atoms with Crippen molar-refractivity contribution in [3.8, 4) is 11.5 Å². The molecule has 210 valence electrons. The Morgan fingerprint density at radius 2 is 1.98 bits per heavy atom. The molecule has 0 spiro atoms. The molecule has 3 aromatic rings. The molecule has 1 aromatic heterocycles. The first kappa shape index (κ1) is 27.0. The molecule has 41 heavy (non-hydrogen) atoms. The van der Waals surface area contributed by atoms with Gasteiger partial charge in [0, 0.05) is 28.6 Å². The summed E-state index contributed by atoms with van der Waals surface area (Å²) in [5, 5.41) is 7.84. The van der Waals surface area contributed by atoms with Crippen LogP contribution in [0.1, 0.15) is 36.6 Å². The lowest BCUT2D eigenvalue weighted by molar-refractivity contribution is -0.122. The number of carbonyl (C=O) groups excluding carboxylic acids is 3. The van der Waals surface area contributed by atoms with E-state index in [1.54, 1.807) is 34.4 Å². The topological polar surface area (TPSA) is 122 Å². The summed E-state index contributed by atoms with van der Waals surface area (Å²) in [5.41, 5.74) is 2.02. The highest BCUT2D eigenvalue weighted by Gasteiger charge is 2.42. The van der Waals surface area contributed by atoms with Gasteiger partial charge in [-0.2, -0.15) is 4.99 Å². The van der Waals surface area contributed by atoms with Gasteiger partial charge in [0.05, 0.1) is 17.5 Å². The number of thiophene rings is 1. The van der Waals surface area contributed by atoms with Gasteiger partial charge in [-0.15, -0.1) is 11.3 Å². The SMILES string of the molecule is CCC(SC1=Nc2ccccc2C2=NC(=O)C(CCC(=O)NCc3cccs3)N12)C(=O)Nc1ccc2c(c1)OCO2. The Morgan fingerprint density at radius 1 is 1.12 bits per heavy atom. The maximum atomic E-state index is 13.4. The number of nitrogens with zero attached hydrogens (tertiary/aromatic N) is 3. The Kier molecular flexibility index (Phi) is 7.75. The number of ether oxygens (including phenoxy) is 2. The molecule has 0 radical (unpaired) electrons. The average Bonchev–Trinajstić information content (AvgIpc) is 3.74. The minimum absolute atomic E-state index is 0.141. The van der Waals surface area contributed by atoms with E-state index in [2.05, 4.69) is 15.6 Å². The first-order chi connectivity index (χ1) is 20.0. The number of carbonyl (C=O) groups is 3. The fourth-order valence-corrected chi connectivity index (χ4v) is 6.47. The quantitative estimate of drug-likeness (QED) is 0.372. The van der Waals surface area contributed by atoms with Gasteiger partial charge < -0.3 is 20.1 Å². The Balaban J connectivity index is 1.19. The van der Waals surface area contributed by atoms with Crippen molar-refractivity contribution in [2.45, 2.75) is 44.0 Å². The summed E-state index contributed by atoms with van der Waals surface area (Å²) in [6.07, 6.45) is 0.943. The number of hydrogen-bond acceptors (Lipinski definition) is 9. The summed E-state index contributed by atoms with van der Waals surface area (Å²) < 4.78 is 10.8. The minimum Gasteiger partial charge on any atom is -0.454 e. The van der Waals surface area contributed by atoms with E-state index in [1.165, 1.54) is 11.8 Å². The fraction of sp³-hybridized carbons (Fsp3) is 0.276. The molecule has 12 heteroatoms. The monoisotopic (exact) mass is 589 g/mol. The maximum absolute atomic E-state index is 13.4. The molecular weight excluding hydrogens is 562 g/mol. The Hall–Kier alpha value is -4.16. The summed E-state index contributed by atoms with van der Waals surface area (Å²) in [7, 11) is 0. The summed E-state index contributed by atoms with van der Waals surface area (Å²) in [6.45, 7) is 2.53. The predicted octanol–water partition coefficient (Wildman–Crippen LogP) is 4.68. The van der Waals surface area contributed by atoms with Crippen LogP contribution in [0.4, 0.5) is 11.4 Å². The molecule has 3 amide bonds. The lowest BCUT2D eigenvalue weighted by Crippen LogP contribution is -2.45. The predicted molar refractivity (Wildman–Crippen MR) is 159 cm³/mol. The number of aliphatic imine (C=N–C) groups is 2. The summed E-state index contributed by atoms with van der Waals surface area (Å²) in [5.74, 6) is 1.04. The third kappa shape index (κ3) is 5.70. The number of anilines is 1. The fourth-order valence-electron chi connectivity index (χ4n) is 4.76. The molecule has 3 aliphatic rings. The van der Waals surface area contributed by atoms with Gasteiger partial charge in [0.15, 0.2) is 16.7 Å². The second-order valence-electron chi connectivity index (χ2n) is 9.54. The van der Waals surface area contributed by atoms with Gasteiger partial charge in [0.25, 0.3) is 5.91 Å². The molecule has 10 nitrogen and oxygen atoms in total. The molecule has 2 atom stereocenters. The summed E-state index contributed by atoms with van der Waals surface area (Å²) in [4.78, 5) is 51.2. The molecule has 3 aliphatic heterocycles. The summed E-state index contributed by atoms with van der Waals surface area (Å²) in [6, 6.07) is 15.9. The van der Waals surface area contributed by atoms with Crippen LogP contribution in [-0.4, -0.2) is 51.7 Å². The van der Waals surface area contributed by atoms with Crippen LogP contribution >= 0.6 is 23.1 Å². The number of hydrogen-bond donors (Lipinski definition) is 2. The van der Waals surface area contributed by atoms with E-state index in [0.29, 0.717) is 46.8 Å². The molecular formula is C29H27N5O5S2. The third-order valence-electron chi connectivity index (χ3n) is 6.84. The average molecular weight is 590 g/mol. The first-order valence-electron chi connectivity index (χ1n) is 13.3. The van der Waals surface area contributed by atoms with Crippen LogP contribution in [0, 0.1) is 0 Å². The highest BCUT2D eigenvalue weighted by atomic mass is 32.2. The highest BCUT2D eigenvalue weighted by molar-refractivity contribution is 8.15. The Bertz CT molecular complexity index is 1550. The standard InChI is InChI=1S/C29H27N5O5S2/c1-2-24(28(37)31-17-9-11-22-23(14-17)39-16-38-22)41-29-32-20-8-4-3-7-19(20)26-33-27(36)21(34(26)29)10-12-25(35)30-15-18-6-5-13-40-18/h3-9,11,13-14,21,24H,2,10,12,15-16H2,1H3,(H,30,35)(H,31,37). The van der Waals surface area contributed by atoms with E-state index >= 15 is 0 Å². The highest BCUT2D eigenvalue weighted by Crippen LogP contribution is 2.38. The second kappa shape index (κ2) is 11.8. The zero-order valence-electron chi connectivity index (χ0n) is 22.2. The largest absolute Gasteiger partial charge is 0.454 e. The number of amidine groups is 2. The van der Waals surface area contributed by atoms with Gasteiger partial charge >= 0.3 is 0 Å². The van der Waals surface area contributed by atoms with Gasteiger partial charge in [-0.05, 0) is 48.6 Å². The van der Waals surface area contributed by atoms with E-state index in [-0.39, 0.29) is 37.4 Å². The van der Waals surface area contributed by atoms with Crippen molar-refractivity contribution < 1.29 is 23.9 Å². The van der Waals surface area contributed by atoms with Crippen molar-refractivity contribution >= 4 is 63.2 Å². The van der Waals surface area contributed by atoms with Crippen molar-refractivity contribution in [2.75, 3.05) is 12.1 Å². The van der Waals surface area contributed by atoms with E-state index in [4.69, 9.17) is 14.5 Å². The van der Waals surface area contributed by atoms with Crippen molar-refractivity contribution in [3.05, 3.63) is 70.4 Å². The van der Waals surface area contributed by atoms with E-state index in [9.17, 15) is 14.4 Å². The molecule has 4 heterocycles. The second-order valence-corrected chi connectivity index (χ2v) is 11.7. The minimum atomic E-state index is -0.688. The normalized spacial score (nSPS) is 17.3. The molecule has 0 saturated heterocycles. The Morgan fingerprint density at radius 3 is 2.80 bits per heavy atom. The van der Waals surface area contributed by atoms with Crippen molar-refractivity contribution in [3.63, 3.8) is 0 Å². The lowest BCUT2D eigenvalue weighted by atomic mass is 10.1. The van der Waals surface area contributed by atoms with Crippen LogP contribution < -0.4 is 20.1 Å². The first-order valence-corrected chi connectivity index (χ1v) is 15.0. The summed E-state index contributed by atoms with van der Waals surface area (Å²) >= 11 is 2.86. The van der Waals surface area contributed by atoms with Crippen LogP contribution in [0.15, 0.2) is 70.0 Å². The third-order valence-corrected chi connectivity index (χ3v) is 9.05.